The van der Waals surface area contributed by atoms with E-state index < -0.39 is 9.84 Å². The molecule has 3 aromatic rings. The Hall–Kier alpha value is -1.86. The maximum Gasteiger partial charge on any atom is 0.206 e. The number of pyridine rings is 1. The Morgan fingerprint density at radius 1 is 0.964 bits per heavy atom. The molecule has 1 aliphatic rings. The van der Waals surface area contributed by atoms with Crippen molar-refractivity contribution in [2.75, 3.05) is 31.1 Å². The number of nitrogens with one attached hydrogen (secondary N) is 1. The fraction of sp³-hybridized carbons (Fsp3) is 0.250. The zero-order chi connectivity index (χ0) is 18.9. The molecule has 1 saturated heterocycles. The Balaban J connectivity index is 0.00000225. The minimum atomic E-state index is -3.62. The van der Waals surface area contributed by atoms with E-state index in [-0.39, 0.29) is 22.2 Å². The van der Waals surface area contributed by atoms with Gasteiger partial charge in [-0.2, -0.15) is 0 Å². The zero-order valence-corrected chi connectivity index (χ0v) is 17.5. The zero-order valence-electron chi connectivity index (χ0n) is 15.1. The summed E-state index contributed by atoms with van der Waals surface area (Å²) in [5, 5.41) is 5.72. The molecule has 2 heterocycles. The van der Waals surface area contributed by atoms with E-state index in [2.05, 4.69) is 15.2 Å². The topological polar surface area (TPSA) is 62.3 Å². The highest BCUT2D eigenvalue weighted by atomic mass is 35.5. The molecule has 2 aromatic carbocycles. The molecule has 5 nitrogen and oxygen atoms in total. The first-order valence-electron chi connectivity index (χ1n) is 8.91. The number of aromatic nitrogens is 1. The normalized spacial score (nSPS) is 15.1. The molecule has 1 aromatic heterocycles. The summed E-state index contributed by atoms with van der Waals surface area (Å²) in [4.78, 5) is 7.28. The number of hydrogen-bond donors (Lipinski definition) is 1. The van der Waals surface area contributed by atoms with E-state index in [1.165, 1.54) is 12.1 Å². The van der Waals surface area contributed by atoms with Crippen molar-refractivity contribution in [3.63, 3.8) is 0 Å². The Morgan fingerprint density at radius 2 is 1.71 bits per heavy atom. The highest BCUT2D eigenvalue weighted by molar-refractivity contribution is 7.91. The van der Waals surface area contributed by atoms with Gasteiger partial charge in [-0.05, 0) is 60.8 Å². The van der Waals surface area contributed by atoms with Crippen LogP contribution >= 0.6 is 24.0 Å². The van der Waals surface area contributed by atoms with Crippen LogP contribution in [0.4, 0.5) is 5.82 Å². The van der Waals surface area contributed by atoms with E-state index in [9.17, 15) is 8.42 Å². The van der Waals surface area contributed by atoms with Crippen LogP contribution in [0.2, 0.25) is 5.02 Å². The van der Waals surface area contributed by atoms with Gasteiger partial charge in [-0.3, -0.25) is 0 Å². The Labute approximate surface area is 176 Å². The van der Waals surface area contributed by atoms with Crippen molar-refractivity contribution in [3.8, 4) is 0 Å². The molecule has 28 heavy (non-hydrogen) atoms. The predicted molar refractivity (Wildman–Crippen MR) is 116 cm³/mol. The summed E-state index contributed by atoms with van der Waals surface area (Å²) in [5.41, 5.74) is 0. The van der Waals surface area contributed by atoms with Crippen LogP contribution in [0.15, 0.2) is 64.5 Å². The summed E-state index contributed by atoms with van der Waals surface area (Å²) in [7, 11) is -3.62. The van der Waals surface area contributed by atoms with Crippen LogP contribution in [-0.4, -0.2) is 39.6 Å². The lowest BCUT2D eigenvalue weighted by Gasteiger charge is -2.22. The maximum absolute atomic E-state index is 13.0. The molecule has 0 radical (unpaired) electrons. The van der Waals surface area contributed by atoms with Crippen LogP contribution in [-0.2, 0) is 9.84 Å². The molecule has 0 bridgehead atoms. The average Bonchev–Trinajstić information content (AvgIpc) is 2.97. The smallest absolute Gasteiger partial charge is 0.206 e. The monoisotopic (exact) mass is 437 g/mol. The molecule has 8 heteroatoms. The van der Waals surface area contributed by atoms with Gasteiger partial charge in [-0.1, -0.05) is 17.7 Å². The van der Waals surface area contributed by atoms with Crippen LogP contribution in [0, 0.1) is 0 Å². The van der Waals surface area contributed by atoms with Crippen LogP contribution < -0.4 is 10.2 Å². The number of benzene rings is 2. The second kappa shape index (κ2) is 8.66. The SMILES string of the molecule is Cl.O=S(=O)(c1ccc(Cl)cc1)c1ccc2ccnc(N3CCCNCC3)c2c1. The van der Waals surface area contributed by atoms with Gasteiger partial charge >= 0.3 is 0 Å². The highest BCUT2D eigenvalue weighted by Crippen LogP contribution is 2.30. The summed E-state index contributed by atoms with van der Waals surface area (Å²) in [5.74, 6) is 0.837. The number of sulfone groups is 1. The summed E-state index contributed by atoms with van der Waals surface area (Å²) in [6, 6.07) is 13.4. The average molecular weight is 438 g/mol. The van der Waals surface area contributed by atoms with Crippen molar-refractivity contribution >= 4 is 50.4 Å². The van der Waals surface area contributed by atoms with Gasteiger partial charge in [0.05, 0.1) is 9.79 Å². The van der Waals surface area contributed by atoms with Gasteiger partial charge in [0.25, 0.3) is 0 Å². The van der Waals surface area contributed by atoms with Gasteiger partial charge in [-0.25, -0.2) is 13.4 Å². The van der Waals surface area contributed by atoms with Crippen LogP contribution in [0.1, 0.15) is 6.42 Å². The minimum absolute atomic E-state index is 0. The molecule has 0 saturated carbocycles. The van der Waals surface area contributed by atoms with Crippen molar-refractivity contribution in [1.29, 1.82) is 0 Å². The molecule has 1 fully saturated rings. The third-order valence-corrected chi connectivity index (χ3v) is 6.81. The number of halogens is 2. The van der Waals surface area contributed by atoms with E-state index in [4.69, 9.17) is 11.6 Å². The molecule has 0 unspecified atom stereocenters. The number of fused-ring (bicyclic) bond motifs is 1. The summed E-state index contributed by atoms with van der Waals surface area (Å²) in [6.45, 7) is 3.62. The van der Waals surface area contributed by atoms with E-state index >= 15 is 0 Å². The first kappa shape index (κ1) is 20.9. The molecule has 148 valence electrons. The van der Waals surface area contributed by atoms with Crippen molar-refractivity contribution in [1.82, 2.24) is 10.3 Å². The van der Waals surface area contributed by atoms with Gasteiger partial charge < -0.3 is 10.2 Å². The van der Waals surface area contributed by atoms with E-state index in [1.54, 1.807) is 30.5 Å². The molecule has 1 aliphatic heterocycles. The van der Waals surface area contributed by atoms with Crippen molar-refractivity contribution < 1.29 is 8.42 Å². The second-order valence-electron chi connectivity index (χ2n) is 6.57. The Bertz CT molecular complexity index is 1060. The lowest BCUT2D eigenvalue weighted by atomic mass is 10.1. The summed E-state index contributed by atoms with van der Waals surface area (Å²) in [6.07, 6.45) is 2.81. The lowest BCUT2D eigenvalue weighted by Crippen LogP contribution is -2.28. The van der Waals surface area contributed by atoms with Crippen molar-refractivity contribution in [3.05, 3.63) is 59.8 Å². The predicted octanol–water partition coefficient (Wildman–Crippen LogP) is 3.94. The van der Waals surface area contributed by atoms with Gasteiger partial charge in [0.15, 0.2) is 0 Å². The largest absolute Gasteiger partial charge is 0.355 e. The first-order chi connectivity index (χ1) is 13.1. The van der Waals surface area contributed by atoms with E-state index in [0.29, 0.717) is 5.02 Å². The molecule has 1 N–H and O–H groups in total. The Morgan fingerprint density at radius 3 is 2.50 bits per heavy atom. The third kappa shape index (κ3) is 4.10. The quantitative estimate of drug-likeness (QED) is 0.671. The van der Waals surface area contributed by atoms with E-state index in [0.717, 1.165) is 49.2 Å². The number of rotatable bonds is 3. The standard InChI is InChI=1S/C20H20ClN3O2S.ClH/c21-16-3-6-17(7-4-16)27(25,26)18-5-2-15-8-10-23-20(19(15)14-18)24-12-1-9-22-11-13-24;/h2-8,10,14,22H,1,9,11-13H2;1H. The number of nitrogens with zero attached hydrogens (tertiary/aromatic N) is 2. The lowest BCUT2D eigenvalue weighted by molar-refractivity contribution is 0.596. The van der Waals surface area contributed by atoms with Gasteiger partial charge in [-0.15, -0.1) is 12.4 Å². The molecule has 0 amide bonds. The fourth-order valence-electron chi connectivity index (χ4n) is 3.36. The van der Waals surface area contributed by atoms with Crippen molar-refractivity contribution in [2.45, 2.75) is 16.2 Å². The fourth-order valence-corrected chi connectivity index (χ4v) is 4.77. The van der Waals surface area contributed by atoms with Crippen LogP contribution in [0.5, 0.6) is 0 Å². The molecular weight excluding hydrogens is 417 g/mol. The second-order valence-corrected chi connectivity index (χ2v) is 8.95. The number of anilines is 1. The van der Waals surface area contributed by atoms with Gasteiger partial charge in [0, 0.05) is 36.2 Å². The van der Waals surface area contributed by atoms with Gasteiger partial charge in [0.2, 0.25) is 9.84 Å². The van der Waals surface area contributed by atoms with Gasteiger partial charge in [0.1, 0.15) is 5.82 Å². The molecule has 0 spiro atoms. The first-order valence-corrected chi connectivity index (χ1v) is 10.8. The van der Waals surface area contributed by atoms with Crippen LogP contribution in [0.3, 0.4) is 0 Å². The third-order valence-electron chi connectivity index (χ3n) is 4.79. The number of hydrogen-bond acceptors (Lipinski definition) is 5. The highest BCUT2D eigenvalue weighted by Gasteiger charge is 2.20. The molecule has 0 aliphatic carbocycles. The molecule has 4 rings (SSSR count). The van der Waals surface area contributed by atoms with Crippen molar-refractivity contribution in [2.24, 2.45) is 0 Å². The molecule has 0 atom stereocenters. The van der Waals surface area contributed by atoms with E-state index in [1.807, 2.05) is 12.1 Å². The summed E-state index contributed by atoms with van der Waals surface area (Å²) < 4.78 is 26.1. The summed E-state index contributed by atoms with van der Waals surface area (Å²) >= 11 is 5.89. The Kier molecular flexibility index (Phi) is 6.45. The molecular formula is C20H21Cl2N3O2S. The minimum Gasteiger partial charge on any atom is -0.355 e. The van der Waals surface area contributed by atoms with Crippen LogP contribution in [0.25, 0.3) is 10.8 Å². The maximum atomic E-state index is 13.0.